The van der Waals surface area contributed by atoms with Crippen LogP contribution in [0.2, 0.25) is 0 Å². The van der Waals surface area contributed by atoms with Gasteiger partial charge in [-0.3, -0.25) is 4.79 Å². The number of hydrogen-bond acceptors (Lipinski definition) is 4. The van der Waals surface area contributed by atoms with Crippen LogP contribution in [0.5, 0.6) is 0 Å². The molecule has 1 aromatic rings. The van der Waals surface area contributed by atoms with Gasteiger partial charge in [-0.05, 0) is 42.2 Å². The molecule has 1 aliphatic rings. The third-order valence-corrected chi connectivity index (χ3v) is 4.49. The van der Waals surface area contributed by atoms with Gasteiger partial charge in [0.25, 0.3) is 0 Å². The van der Waals surface area contributed by atoms with Gasteiger partial charge in [0.1, 0.15) is 5.76 Å². The van der Waals surface area contributed by atoms with E-state index >= 15 is 0 Å². The zero-order valence-corrected chi connectivity index (χ0v) is 10.4. The summed E-state index contributed by atoms with van der Waals surface area (Å²) in [5, 5.41) is 0. The van der Waals surface area contributed by atoms with Crippen molar-refractivity contribution in [1.29, 1.82) is 0 Å². The molecule has 2 rings (SSSR count). The Bertz CT molecular complexity index is 397. The number of rotatable bonds is 3. The minimum Gasteiger partial charge on any atom is -0.465 e. The molecule has 2 nitrogen and oxygen atoms in total. The Balaban J connectivity index is 1.92. The summed E-state index contributed by atoms with van der Waals surface area (Å²) in [5.41, 5.74) is 0. The smallest absolute Gasteiger partial charge is 0.180 e. The number of carbonyl (C=O) groups excluding carboxylic acids is 1. The average molecular weight is 252 g/mol. The van der Waals surface area contributed by atoms with Gasteiger partial charge in [-0.25, -0.2) is 0 Å². The van der Waals surface area contributed by atoms with Gasteiger partial charge in [0.2, 0.25) is 0 Å². The fourth-order valence-electron chi connectivity index (χ4n) is 1.24. The predicted octanol–water partition coefficient (Wildman–Crippen LogP) is 3.57. The molecule has 16 heavy (non-hydrogen) atoms. The van der Waals surface area contributed by atoms with Crippen molar-refractivity contribution in [2.24, 2.45) is 0 Å². The minimum absolute atomic E-state index is 0.0216. The van der Waals surface area contributed by atoms with Crippen LogP contribution >= 0.6 is 23.5 Å². The molecule has 0 spiro atoms. The van der Waals surface area contributed by atoms with E-state index in [1.165, 1.54) is 6.42 Å². The van der Waals surface area contributed by atoms with Crippen molar-refractivity contribution in [2.45, 2.75) is 6.42 Å². The summed E-state index contributed by atoms with van der Waals surface area (Å²) in [5.74, 6) is 2.96. The second-order valence-corrected chi connectivity index (χ2v) is 5.80. The van der Waals surface area contributed by atoms with E-state index in [1.807, 2.05) is 6.07 Å². The van der Waals surface area contributed by atoms with Crippen LogP contribution in [0.1, 0.15) is 12.2 Å². The Hall–Kier alpha value is -0.870. The highest BCUT2D eigenvalue weighted by Crippen LogP contribution is 2.34. The minimum atomic E-state index is 0.0216. The Labute approximate surface area is 103 Å². The van der Waals surface area contributed by atoms with Crippen LogP contribution in [-0.2, 0) is 4.79 Å². The molecule has 0 bridgehead atoms. The first-order valence-electron chi connectivity index (χ1n) is 5.07. The first-order valence-corrected chi connectivity index (χ1v) is 7.04. The van der Waals surface area contributed by atoms with Crippen molar-refractivity contribution in [3.63, 3.8) is 0 Å². The predicted molar refractivity (Wildman–Crippen MR) is 70.4 cm³/mol. The van der Waals surface area contributed by atoms with Gasteiger partial charge >= 0.3 is 0 Å². The maximum Gasteiger partial charge on any atom is 0.180 e. The fourth-order valence-corrected chi connectivity index (χ4v) is 3.64. The number of hydrogen-bond donors (Lipinski definition) is 0. The molecule has 0 amide bonds. The van der Waals surface area contributed by atoms with Crippen molar-refractivity contribution in [3.05, 3.63) is 40.5 Å². The quantitative estimate of drug-likeness (QED) is 0.769. The van der Waals surface area contributed by atoms with E-state index in [4.69, 9.17) is 4.42 Å². The molecular weight excluding hydrogens is 240 g/mol. The highest BCUT2D eigenvalue weighted by atomic mass is 32.2. The van der Waals surface area contributed by atoms with Crippen molar-refractivity contribution < 1.29 is 9.21 Å². The zero-order valence-electron chi connectivity index (χ0n) is 8.72. The lowest BCUT2D eigenvalue weighted by atomic mass is 10.3. The molecule has 1 saturated heterocycles. The molecule has 2 heterocycles. The lowest BCUT2D eigenvalue weighted by Crippen LogP contribution is -1.94. The topological polar surface area (TPSA) is 30.2 Å². The van der Waals surface area contributed by atoms with Crippen LogP contribution < -0.4 is 0 Å². The summed E-state index contributed by atoms with van der Waals surface area (Å²) < 4.78 is 6.23. The van der Waals surface area contributed by atoms with Crippen molar-refractivity contribution in [2.75, 3.05) is 11.5 Å². The average Bonchev–Trinajstić information content (AvgIpc) is 2.81. The number of allylic oxidation sites excluding steroid dienone is 2. The zero-order chi connectivity index (χ0) is 11.2. The van der Waals surface area contributed by atoms with Crippen LogP contribution in [0, 0.1) is 0 Å². The summed E-state index contributed by atoms with van der Waals surface area (Å²) in [4.78, 5) is 11.6. The van der Waals surface area contributed by atoms with Crippen molar-refractivity contribution in [1.82, 2.24) is 0 Å². The molecule has 0 saturated carbocycles. The van der Waals surface area contributed by atoms with Gasteiger partial charge in [0.15, 0.2) is 5.78 Å². The van der Waals surface area contributed by atoms with E-state index in [0.29, 0.717) is 5.76 Å². The number of carbonyl (C=O) groups is 1. The van der Waals surface area contributed by atoms with E-state index < -0.39 is 0 Å². The molecule has 0 atom stereocenters. The van der Waals surface area contributed by atoms with Crippen LogP contribution in [-0.4, -0.2) is 17.3 Å². The van der Waals surface area contributed by atoms with Crippen LogP contribution in [0.3, 0.4) is 0 Å². The first-order chi connectivity index (χ1) is 7.84. The maximum atomic E-state index is 11.6. The summed E-state index contributed by atoms with van der Waals surface area (Å²) in [6.07, 6.45) is 7.76. The van der Waals surface area contributed by atoms with Crippen LogP contribution in [0.4, 0.5) is 0 Å². The molecule has 84 valence electrons. The van der Waals surface area contributed by atoms with Crippen molar-refractivity contribution >= 4 is 35.4 Å². The van der Waals surface area contributed by atoms with E-state index in [1.54, 1.807) is 54.1 Å². The number of furan rings is 1. The maximum absolute atomic E-state index is 11.6. The molecule has 0 aromatic carbocycles. The lowest BCUT2D eigenvalue weighted by Gasteiger charge is -2.11. The highest BCUT2D eigenvalue weighted by molar-refractivity contribution is 8.22. The SMILES string of the molecule is O=C(C=Cc1ccco1)C=C1SCCCS1. The molecule has 0 radical (unpaired) electrons. The van der Waals surface area contributed by atoms with E-state index in [9.17, 15) is 4.79 Å². The lowest BCUT2D eigenvalue weighted by molar-refractivity contribution is -0.110. The van der Waals surface area contributed by atoms with Crippen molar-refractivity contribution in [3.8, 4) is 0 Å². The third kappa shape index (κ3) is 3.61. The third-order valence-electron chi connectivity index (χ3n) is 1.99. The second kappa shape index (κ2) is 6.01. The molecule has 0 unspecified atom stereocenters. The Morgan fingerprint density at radius 3 is 2.88 bits per heavy atom. The van der Waals surface area contributed by atoms with Gasteiger partial charge in [-0.1, -0.05) is 0 Å². The largest absolute Gasteiger partial charge is 0.465 e. The number of thioether (sulfide) groups is 2. The number of ketones is 1. The molecule has 1 aliphatic heterocycles. The molecule has 4 heteroatoms. The van der Waals surface area contributed by atoms with Crippen LogP contribution in [0.25, 0.3) is 6.08 Å². The molecule has 1 aromatic heterocycles. The summed E-state index contributed by atoms with van der Waals surface area (Å²) in [6, 6.07) is 3.62. The molecule has 0 aliphatic carbocycles. The van der Waals surface area contributed by atoms with Gasteiger partial charge in [0, 0.05) is 10.3 Å². The van der Waals surface area contributed by atoms with Gasteiger partial charge in [0.05, 0.1) is 6.26 Å². The van der Waals surface area contributed by atoms with Gasteiger partial charge in [-0.15, -0.1) is 23.5 Å². The standard InChI is InChI=1S/C12H12O2S2/c13-10(4-5-11-3-1-6-14-11)9-12-15-7-2-8-16-12/h1,3-6,9H,2,7-8H2. The molecular formula is C12H12O2S2. The Morgan fingerprint density at radius 1 is 1.38 bits per heavy atom. The van der Waals surface area contributed by atoms with Crippen LogP contribution in [0.15, 0.2) is 39.2 Å². The highest BCUT2D eigenvalue weighted by Gasteiger charge is 2.07. The molecule has 1 fully saturated rings. The Morgan fingerprint density at radius 2 is 2.19 bits per heavy atom. The normalized spacial score (nSPS) is 16.6. The summed E-state index contributed by atoms with van der Waals surface area (Å²) in [6.45, 7) is 0. The van der Waals surface area contributed by atoms with E-state index in [-0.39, 0.29) is 5.78 Å². The first kappa shape index (κ1) is 11.6. The monoisotopic (exact) mass is 252 g/mol. The Kier molecular flexibility index (Phi) is 4.36. The van der Waals surface area contributed by atoms with E-state index in [2.05, 4.69) is 0 Å². The fraction of sp³-hybridized carbons (Fsp3) is 0.250. The molecule has 0 N–H and O–H groups in total. The summed E-state index contributed by atoms with van der Waals surface area (Å²) in [7, 11) is 0. The second-order valence-electron chi connectivity index (χ2n) is 3.26. The van der Waals surface area contributed by atoms with E-state index in [0.717, 1.165) is 15.7 Å². The van der Waals surface area contributed by atoms with Gasteiger partial charge in [-0.2, -0.15) is 0 Å². The van der Waals surface area contributed by atoms with Gasteiger partial charge < -0.3 is 4.42 Å². The summed E-state index contributed by atoms with van der Waals surface area (Å²) >= 11 is 3.52.